The van der Waals surface area contributed by atoms with Gasteiger partial charge in [0, 0.05) is 11.0 Å². The van der Waals surface area contributed by atoms with Gasteiger partial charge in [-0.05, 0) is 57.0 Å². The van der Waals surface area contributed by atoms with Crippen molar-refractivity contribution < 1.29 is 16.4 Å². The van der Waals surface area contributed by atoms with Crippen LogP contribution >= 0.6 is 0 Å². The zero-order chi connectivity index (χ0) is 22.4. The van der Waals surface area contributed by atoms with E-state index in [4.69, 9.17) is 11.6 Å². The van der Waals surface area contributed by atoms with Crippen molar-refractivity contribution in [2.45, 2.75) is 60.7 Å². The molecule has 0 aromatic heterocycles. The zero-order valence-corrected chi connectivity index (χ0v) is 15.5. The van der Waals surface area contributed by atoms with E-state index in [0.29, 0.717) is 0 Å². The summed E-state index contributed by atoms with van der Waals surface area (Å²) in [5.41, 5.74) is 2.49. The van der Waals surface area contributed by atoms with E-state index in [9.17, 15) is 4.79 Å². The molecule has 1 aliphatic carbocycles. The Morgan fingerprint density at radius 1 is 1.38 bits per heavy atom. The molecule has 0 heterocycles. The number of rotatable bonds is 6. The van der Waals surface area contributed by atoms with Gasteiger partial charge in [-0.25, -0.2) is 0 Å². The summed E-state index contributed by atoms with van der Waals surface area (Å²) in [6.07, 6.45) is 9.25. The molecule has 0 aromatic carbocycles. The van der Waals surface area contributed by atoms with E-state index in [1.165, 1.54) is 18.6 Å². The molecule has 0 unspecified atom stereocenters. The van der Waals surface area contributed by atoms with Crippen LogP contribution in [0.25, 0.3) is 0 Å². The van der Waals surface area contributed by atoms with Crippen molar-refractivity contribution in [2.75, 3.05) is 6.61 Å². The molecule has 0 radical (unpaired) electrons. The highest BCUT2D eigenvalue weighted by Gasteiger charge is 2.26. The summed E-state index contributed by atoms with van der Waals surface area (Å²) < 4.78 is 45.0. The van der Waals surface area contributed by atoms with Gasteiger partial charge in [-0.3, -0.25) is 4.79 Å². The molecule has 0 aromatic rings. The van der Waals surface area contributed by atoms with Crippen LogP contribution in [0.4, 0.5) is 0 Å². The van der Waals surface area contributed by atoms with Crippen LogP contribution in [0.1, 0.15) is 67.6 Å². The van der Waals surface area contributed by atoms with Crippen LogP contribution in [-0.2, 0) is 9.53 Å². The van der Waals surface area contributed by atoms with Gasteiger partial charge in [0.15, 0.2) is 0 Å². The summed E-state index contributed by atoms with van der Waals surface area (Å²) in [5.74, 6) is -0.386. The van der Waals surface area contributed by atoms with Gasteiger partial charge in [-0.1, -0.05) is 60.9 Å². The fourth-order valence-electron chi connectivity index (χ4n) is 2.76. The highest BCUT2D eigenvalue weighted by molar-refractivity contribution is 5.66. The smallest absolute Gasteiger partial charge is 0.302 e. The molecule has 0 N–H and O–H groups in total. The Bertz CT molecular complexity index is 778. The van der Waals surface area contributed by atoms with Crippen LogP contribution in [0.15, 0.2) is 58.7 Å². The SMILES string of the molecule is [2H]C(/C=C/C(C)=C/COC(C)=O)=C(/C([2H])=C/C1=C(C)CCCC1(C)C)C([2H])([2H])[2H]. The minimum absolute atomic E-state index is 0.112. The van der Waals surface area contributed by atoms with Crippen LogP contribution in [0, 0.1) is 5.41 Å². The maximum atomic E-state index is 10.8. The van der Waals surface area contributed by atoms with E-state index < -0.39 is 6.85 Å². The number of hydrogen-bond acceptors (Lipinski definition) is 2. The molecule has 1 aliphatic rings. The molecule has 24 heavy (non-hydrogen) atoms. The molecule has 2 heteroatoms. The van der Waals surface area contributed by atoms with Crippen LogP contribution in [0.5, 0.6) is 0 Å². The number of hydrogen-bond donors (Lipinski definition) is 0. The molecule has 2 nitrogen and oxygen atoms in total. The lowest BCUT2D eigenvalue weighted by Gasteiger charge is -2.32. The molecule has 0 spiro atoms. The minimum Gasteiger partial charge on any atom is -0.462 e. The molecule has 1 rings (SSSR count). The summed E-state index contributed by atoms with van der Waals surface area (Å²) >= 11 is 0. The summed E-state index contributed by atoms with van der Waals surface area (Å²) in [4.78, 5) is 10.8. The largest absolute Gasteiger partial charge is 0.462 e. The Hall–Kier alpha value is -1.83. The van der Waals surface area contributed by atoms with E-state index in [2.05, 4.69) is 13.8 Å². The number of ether oxygens (including phenoxy) is 1. The lowest BCUT2D eigenvalue weighted by atomic mass is 9.72. The number of allylic oxidation sites excluding steroid dienone is 9. The van der Waals surface area contributed by atoms with E-state index >= 15 is 0 Å². The van der Waals surface area contributed by atoms with E-state index in [1.807, 2.05) is 6.92 Å². The highest BCUT2D eigenvalue weighted by atomic mass is 16.5. The third-order valence-corrected chi connectivity index (χ3v) is 4.17. The first kappa shape index (κ1) is 13.5. The molecule has 0 saturated carbocycles. The first-order chi connectivity index (χ1) is 13.3. The molecule has 0 saturated heterocycles. The van der Waals surface area contributed by atoms with E-state index in [1.54, 1.807) is 25.2 Å². The number of carbonyl (C=O) groups excluding carboxylic acids is 1. The Kier molecular flexibility index (Phi) is 5.31. The normalized spacial score (nSPS) is 23.8. The number of esters is 1. The lowest BCUT2D eigenvalue weighted by molar-refractivity contribution is -0.139. The summed E-state index contributed by atoms with van der Waals surface area (Å²) in [6, 6.07) is -0.371. The Labute approximate surface area is 154 Å². The molecule has 132 valence electrons. The van der Waals surface area contributed by atoms with Crippen molar-refractivity contribution in [1.29, 1.82) is 0 Å². The predicted molar refractivity (Wildman–Crippen MR) is 103 cm³/mol. The Morgan fingerprint density at radius 2 is 2.12 bits per heavy atom. The van der Waals surface area contributed by atoms with Crippen molar-refractivity contribution in [3.63, 3.8) is 0 Å². The average molecular weight is 334 g/mol. The predicted octanol–water partition coefficient (Wildman–Crippen LogP) is 6.08. The van der Waals surface area contributed by atoms with Gasteiger partial charge in [0.1, 0.15) is 6.61 Å². The van der Waals surface area contributed by atoms with Crippen LogP contribution in [0.3, 0.4) is 0 Å². The van der Waals surface area contributed by atoms with Crippen molar-refractivity contribution in [1.82, 2.24) is 0 Å². The Balaban J connectivity index is 3.28. The molecule has 0 amide bonds. The topological polar surface area (TPSA) is 26.3 Å². The lowest BCUT2D eigenvalue weighted by Crippen LogP contribution is -2.19. The standard InChI is InChI=1S/C22H32O2/c1-17(9-7-10-18(2)14-16-24-20(4)23)12-13-21-19(3)11-8-15-22(21,5)6/h7,9-10,12-14H,8,11,15-16H2,1-6H3/b10-7+,13-12+,17-9-,18-14+/i1D3,9D,12D. The fourth-order valence-corrected chi connectivity index (χ4v) is 2.76. The number of carbonyl (C=O) groups is 1. The second-order valence-corrected chi connectivity index (χ2v) is 6.82. The van der Waals surface area contributed by atoms with E-state index in [0.717, 1.165) is 30.4 Å². The van der Waals surface area contributed by atoms with Gasteiger partial charge >= 0.3 is 5.97 Å². The summed E-state index contributed by atoms with van der Waals surface area (Å²) in [5, 5.41) is 0. The fraction of sp³-hybridized carbons (Fsp3) is 0.500. The van der Waals surface area contributed by atoms with Gasteiger partial charge in [-0.2, -0.15) is 0 Å². The van der Waals surface area contributed by atoms with Crippen molar-refractivity contribution in [2.24, 2.45) is 5.41 Å². The maximum Gasteiger partial charge on any atom is 0.302 e. The van der Waals surface area contributed by atoms with Gasteiger partial charge < -0.3 is 4.74 Å². The zero-order valence-electron chi connectivity index (χ0n) is 20.5. The molecule has 0 bridgehead atoms. The van der Waals surface area contributed by atoms with Crippen LogP contribution in [0.2, 0.25) is 0 Å². The monoisotopic (exact) mass is 333 g/mol. The van der Waals surface area contributed by atoms with Gasteiger partial charge in [0.25, 0.3) is 0 Å². The summed E-state index contributed by atoms with van der Waals surface area (Å²) in [6.45, 7) is 6.85. The van der Waals surface area contributed by atoms with Crippen molar-refractivity contribution >= 4 is 5.97 Å². The first-order valence-corrected chi connectivity index (χ1v) is 8.34. The highest BCUT2D eigenvalue weighted by Crippen LogP contribution is 2.40. The van der Waals surface area contributed by atoms with Crippen molar-refractivity contribution in [3.05, 3.63) is 58.7 Å². The molecular weight excluding hydrogens is 296 g/mol. The third kappa shape index (κ3) is 7.16. The Morgan fingerprint density at radius 3 is 2.75 bits per heavy atom. The summed E-state index contributed by atoms with van der Waals surface area (Å²) in [7, 11) is 0. The second-order valence-electron chi connectivity index (χ2n) is 6.82. The molecule has 0 aliphatic heterocycles. The minimum atomic E-state index is -2.57. The average Bonchev–Trinajstić information content (AvgIpc) is 2.54. The molecular formula is C22H32O2. The van der Waals surface area contributed by atoms with Gasteiger partial charge in [0.2, 0.25) is 0 Å². The molecule has 0 fully saturated rings. The quantitative estimate of drug-likeness (QED) is 0.435. The maximum absolute atomic E-state index is 10.8. The van der Waals surface area contributed by atoms with Gasteiger partial charge in [-0.15, -0.1) is 0 Å². The second kappa shape index (κ2) is 9.46. The third-order valence-electron chi connectivity index (χ3n) is 4.17. The van der Waals surface area contributed by atoms with Crippen LogP contribution in [-0.4, -0.2) is 12.6 Å². The van der Waals surface area contributed by atoms with Gasteiger partial charge in [0.05, 0.1) is 2.74 Å². The van der Waals surface area contributed by atoms with E-state index in [-0.39, 0.29) is 35.7 Å². The van der Waals surface area contributed by atoms with Crippen LogP contribution < -0.4 is 0 Å². The molecule has 0 atom stereocenters. The first-order valence-electron chi connectivity index (χ1n) is 10.8. The van der Waals surface area contributed by atoms with Crippen molar-refractivity contribution in [3.8, 4) is 0 Å².